The van der Waals surface area contributed by atoms with Crippen LogP contribution in [0.2, 0.25) is 0 Å². The maximum Gasteiger partial charge on any atom is 0.112 e. The van der Waals surface area contributed by atoms with Crippen LogP contribution in [0.3, 0.4) is 0 Å². The number of hydrogen-bond acceptors (Lipinski definition) is 2. The molecule has 0 saturated carbocycles. The molecule has 0 aliphatic carbocycles. The highest BCUT2D eigenvalue weighted by Gasteiger charge is 1.86. The van der Waals surface area contributed by atoms with E-state index in [1.165, 1.54) is 0 Å². The van der Waals surface area contributed by atoms with Crippen molar-refractivity contribution in [2.75, 3.05) is 0 Å². The van der Waals surface area contributed by atoms with Gasteiger partial charge in [0.15, 0.2) is 0 Å². The SMILES string of the molecule is C=CC(C#Cc1ccccc1)=N/C=C/C(C)N. The van der Waals surface area contributed by atoms with Gasteiger partial charge in [-0.3, -0.25) is 0 Å². The summed E-state index contributed by atoms with van der Waals surface area (Å²) in [7, 11) is 0. The van der Waals surface area contributed by atoms with E-state index in [9.17, 15) is 0 Å². The summed E-state index contributed by atoms with van der Waals surface area (Å²) in [5.74, 6) is 5.97. The third kappa shape index (κ3) is 5.50. The molecule has 0 aromatic heterocycles. The maximum absolute atomic E-state index is 5.57. The monoisotopic (exact) mass is 224 g/mol. The van der Waals surface area contributed by atoms with Gasteiger partial charge in [0.25, 0.3) is 0 Å². The Morgan fingerprint density at radius 1 is 1.41 bits per heavy atom. The van der Waals surface area contributed by atoms with Crippen molar-refractivity contribution in [2.45, 2.75) is 13.0 Å². The Bertz CT molecular complexity index is 471. The van der Waals surface area contributed by atoms with Crippen LogP contribution in [0.25, 0.3) is 0 Å². The summed E-state index contributed by atoms with van der Waals surface area (Å²) in [6, 6.07) is 9.75. The first-order chi connectivity index (χ1) is 8.22. The Balaban J connectivity index is 2.78. The van der Waals surface area contributed by atoms with E-state index in [0.717, 1.165) is 5.56 Å². The van der Waals surface area contributed by atoms with E-state index < -0.39 is 0 Å². The van der Waals surface area contributed by atoms with Crippen molar-refractivity contribution in [3.63, 3.8) is 0 Å². The summed E-state index contributed by atoms with van der Waals surface area (Å²) in [6.45, 7) is 5.56. The van der Waals surface area contributed by atoms with Crippen molar-refractivity contribution >= 4 is 5.71 Å². The van der Waals surface area contributed by atoms with Crippen molar-refractivity contribution < 1.29 is 0 Å². The fourth-order valence-corrected chi connectivity index (χ4v) is 1.05. The average Bonchev–Trinajstić information content (AvgIpc) is 2.34. The molecule has 1 unspecified atom stereocenters. The molecule has 2 N–H and O–H groups in total. The zero-order valence-electron chi connectivity index (χ0n) is 9.93. The summed E-state index contributed by atoms with van der Waals surface area (Å²) < 4.78 is 0. The third-order valence-corrected chi connectivity index (χ3v) is 1.91. The molecule has 2 nitrogen and oxygen atoms in total. The van der Waals surface area contributed by atoms with Gasteiger partial charge in [0.2, 0.25) is 0 Å². The summed E-state index contributed by atoms with van der Waals surface area (Å²) in [5.41, 5.74) is 7.15. The van der Waals surface area contributed by atoms with E-state index in [1.807, 2.05) is 37.3 Å². The number of allylic oxidation sites excluding steroid dienone is 1. The van der Waals surface area contributed by atoms with Crippen LogP contribution < -0.4 is 5.73 Å². The number of nitrogens with two attached hydrogens (primary N) is 1. The smallest absolute Gasteiger partial charge is 0.112 e. The molecule has 1 atom stereocenters. The molecule has 0 spiro atoms. The molecule has 1 rings (SSSR count). The van der Waals surface area contributed by atoms with Crippen LogP contribution in [0.1, 0.15) is 12.5 Å². The first-order valence-corrected chi connectivity index (χ1v) is 5.42. The van der Waals surface area contributed by atoms with Crippen LogP contribution >= 0.6 is 0 Å². The van der Waals surface area contributed by atoms with Gasteiger partial charge in [0.1, 0.15) is 5.71 Å². The van der Waals surface area contributed by atoms with Crippen LogP contribution in [0.5, 0.6) is 0 Å². The van der Waals surface area contributed by atoms with E-state index in [-0.39, 0.29) is 6.04 Å². The highest BCUT2D eigenvalue weighted by atomic mass is 14.7. The molecule has 0 saturated heterocycles. The predicted octanol–water partition coefficient (Wildman–Crippen LogP) is 2.53. The molecule has 86 valence electrons. The molecular weight excluding hydrogens is 208 g/mol. The number of nitrogens with zero attached hydrogens (tertiary/aromatic N) is 1. The lowest BCUT2D eigenvalue weighted by atomic mass is 10.2. The number of hydrogen-bond donors (Lipinski definition) is 1. The van der Waals surface area contributed by atoms with Crippen molar-refractivity contribution in [3.8, 4) is 11.8 Å². The highest BCUT2D eigenvalue weighted by Crippen LogP contribution is 1.95. The van der Waals surface area contributed by atoms with Crippen LogP contribution in [0, 0.1) is 11.8 Å². The number of benzene rings is 1. The standard InChI is InChI=1S/C15H16N2/c1-3-15(17-12-11-13(2)16)10-9-14-7-5-4-6-8-14/h3-8,11-13H,1,16H2,2H3/b12-11+,17-15?. The van der Waals surface area contributed by atoms with Crippen molar-refractivity contribution in [3.05, 3.63) is 60.8 Å². The second kappa shape index (κ2) is 7.21. The first-order valence-electron chi connectivity index (χ1n) is 5.42. The average molecular weight is 224 g/mol. The van der Waals surface area contributed by atoms with Crippen LogP contribution in [-0.2, 0) is 0 Å². The Morgan fingerprint density at radius 3 is 2.71 bits per heavy atom. The molecule has 0 fully saturated rings. The molecule has 0 aliphatic rings. The molecular formula is C15H16N2. The van der Waals surface area contributed by atoms with E-state index >= 15 is 0 Å². The topological polar surface area (TPSA) is 38.4 Å². The lowest BCUT2D eigenvalue weighted by Crippen LogP contribution is -2.09. The minimum absolute atomic E-state index is 0.00750. The Labute approximate surface area is 103 Å². The minimum Gasteiger partial charge on any atom is -0.325 e. The van der Waals surface area contributed by atoms with Crippen LogP contribution in [0.15, 0.2) is 60.3 Å². The van der Waals surface area contributed by atoms with E-state index in [4.69, 9.17) is 5.73 Å². The van der Waals surface area contributed by atoms with Gasteiger partial charge in [-0.05, 0) is 37.1 Å². The molecule has 0 radical (unpaired) electrons. The van der Waals surface area contributed by atoms with E-state index in [2.05, 4.69) is 23.4 Å². The van der Waals surface area contributed by atoms with Crippen LogP contribution in [0.4, 0.5) is 0 Å². The fraction of sp³-hybridized carbons (Fsp3) is 0.133. The van der Waals surface area contributed by atoms with Gasteiger partial charge >= 0.3 is 0 Å². The molecule has 0 bridgehead atoms. The van der Waals surface area contributed by atoms with Crippen molar-refractivity contribution in [1.29, 1.82) is 0 Å². The first kappa shape index (κ1) is 13.0. The van der Waals surface area contributed by atoms with Crippen molar-refractivity contribution in [1.82, 2.24) is 0 Å². The Morgan fingerprint density at radius 2 is 2.12 bits per heavy atom. The second-order valence-corrected chi connectivity index (χ2v) is 3.54. The van der Waals surface area contributed by atoms with E-state index in [0.29, 0.717) is 5.71 Å². The third-order valence-electron chi connectivity index (χ3n) is 1.91. The van der Waals surface area contributed by atoms with Gasteiger partial charge in [0.05, 0.1) is 0 Å². The predicted molar refractivity (Wildman–Crippen MR) is 73.7 cm³/mol. The van der Waals surface area contributed by atoms with Crippen LogP contribution in [-0.4, -0.2) is 11.8 Å². The largest absolute Gasteiger partial charge is 0.325 e. The molecule has 17 heavy (non-hydrogen) atoms. The summed E-state index contributed by atoms with van der Waals surface area (Å²) in [4.78, 5) is 4.16. The number of aliphatic imine (C=N–C) groups is 1. The summed E-state index contributed by atoms with van der Waals surface area (Å²) >= 11 is 0. The number of rotatable bonds is 3. The van der Waals surface area contributed by atoms with Crippen molar-refractivity contribution in [2.24, 2.45) is 10.7 Å². The summed E-state index contributed by atoms with van der Waals surface area (Å²) in [6.07, 6.45) is 5.08. The van der Waals surface area contributed by atoms with Gasteiger partial charge in [-0.25, -0.2) is 4.99 Å². The molecule has 0 aliphatic heterocycles. The van der Waals surface area contributed by atoms with Gasteiger partial charge in [-0.1, -0.05) is 30.7 Å². The Kier molecular flexibility index (Phi) is 5.50. The zero-order chi connectivity index (χ0) is 12.5. The van der Waals surface area contributed by atoms with Gasteiger partial charge in [0, 0.05) is 17.8 Å². The lowest BCUT2D eigenvalue weighted by Gasteiger charge is -1.91. The molecule has 0 heterocycles. The maximum atomic E-state index is 5.57. The molecule has 1 aromatic rings. The van der Waals surface area contributed by atoms with Gasteiger partial charge in [-0.2, -0.15) is 0 Å². The normalized spacial score (nSPS) is 12.9. The Hall–Kier alpha value is -2.11. The van der Waals surface area contributed by atoms with E-state index in [1.54, 1.807) is 18.4 Å². The van der Waals surface area contributed by atoms with Gasteiger partial charge < -0.3 is 5.73 Å². The quantitative estimate of drug-likeness (QED) is 0.622. The molecule has 2 heteroatoms. The highest BCUT2D eigenvalue weighted by molar-refractivity contribution is 6.09. The summed E-state index contributed by atoms with van der Waals surface area (Å²) in [5, 5.41) is 0. The lowest BCUT2D eigenvalue weighted by molar-refractivity contribution is 0.923. The molecule has 0 amide bonds. The zero-order valence-corrected chi connectivity index (χ0v) is 9.93. The molecule has 1 aromatic carbocycles. The minimum atomic E-state index is -0.00750. The van der Waals surface area contributed by atoms with Gasteiger partial charge in [-0.15, -0.1) is 0 Å². The second-order valence-electron chi connectivity index (χ2n) is 3.54. The fourth-order valence-electron chi connectivity index (χ4n) is 1.05.